The predicted molar refractivity (Wildman–Crippen MR) is 91.5 cm³/mol. The molecule has 7 heteroatoms. The summed E-state index contributed by atoms with van der Waals surface area (Å²) in [6.45, 7) is 0.744. The molecule has 0 aliphatic carbocycles. The van der Waals surface area contributed by atoms with E-state index in [1.165, 1.54) is 36.1 Å². The third kappa shape index (κ3) is 3.40. The number of anilines is 1. The topological polar surface area (TPSA) is 77.3 Å². The summed E-state index contributed by atoms with van der Waals surface area (Å²) in [6, 6.07) is 13.1. The molecule has 6 nitrogen and oxygen atoms in total. The van der Waals surface area contributed by atoms with Crippen LogP contribution in [0.4, 0.5) is 10.8 Å². The molecule has 118 valence electrons. The third-order valence-corrected chi connectivity index (χ3v) is 4.37. The smallest absolute Gasteiger partial charge is 0.274 e. The Kier molecular flexibility index (Phi) is 4.38. The van der Waals surface area contributed by atoms with Crippen LogP contribution in [0.3, 0.4) is 0 Å². The van der Waals surface area contributed by atoms with Gasteiger partial charge in [-0.15, -0.1) is 0 Å². The highest BCUT2D eigenvalue weighted by Crippen LogP contribution is 2.36. The van der Waals surface area contributed by atoms with Gasteiger partial charge in [0.15, 0.2) is 10.9 Å². The van der Waals surface area contributed by atoms with Crippen molar-refractivity contribution in [2.24, 2.45) is 0 Å². The fourth-order valence-corrected chi connectivity index (χ4v) is 3.22. The Morgan fingerprint density at radius 1 is 1.30 bits per heavy atom. The number of rotatable bonds is 6. The van der Waals surface area contributed by atoms with Crippen LogP contribution in [-0.2, 0) is 6.42 Å². The molecule has 23 heavy (non-hydrogen) atoms. The number of nitro groups is 1. The van der Waals surface area contributed by atoms with Gasteiger partial charge in [0.2, 0.25) is 0 Å². The molecule has 0 aliphatic heterocycles. The number of nitro benzene ring substituents is 1. The number of nitrogens with one attached hydrogen (secondary N) is 1. The van der Waals surface area contributed by atoms with Crippen LogP contribution in [0.2, 0.25) is 0 Å². The van der Waals surface area contributed by atoms with Crippen molar-refractivity contribution in [3.63, 3.8) is 0 Å². The van der Waals surface area contributed by atoms with Gasteiger partial charge in [0.1, 0.15) is 5.52 Å². The summed E-state index contributed by atoms with van der Waals surface area (Å²) < 4.78 is 5.95. The lowest BCUT2D eigenvalue weighted by Crippen LogP contribution is -2.04. The van der Waals surface area contributed by atoms with Crippen molar-refractivity contribution in [2.75, 3.05) is 19.0 Å². The number of ether oxygens (including phenoxy) is 1. The quantitative estimate of drug-likeness (QED) is 0.549. The number of hydrogen-bond acceptors (Lipinski definition) is 6. The molecule has 0 unspecified atom stereocenters. The fraction of sp³-hybridized carbons (Fsp3) is 0.188. The highest BCUT2D eigenvalue weighted by Gasteiger charge is 2.16. The molecule has 1 N–H and O–H groups in total. The molecule has 3 aromatic rings. The highest BCUT2D eigenvalue weighted by atomic mass is 32.1. The van der Waals surface area contributed by atoms with Crippen molar-refractivity contribution in [1.29, 1.82) is 0 Å². The Bertz CT molecular complexity index is 833. The van der Waals surface area contributed by atoms with Gasteiger partial charge in [-0.2, -0.15) is 0 Å². The molecule has 0 radical (unpaired) electrons. The summed E-state index contributed by atoms with van der Waals surface area (Å²) in [5, 5.41) is 15.0. The fourth-order valence-electron chi connectivity index (χ4n) is 2.28. The Labute approximate surface area is 136 Å². The lowest BCUT2D eigenvalue weighted by molar-refractivity contribution is -0.384. The summed E-state index contributed by atoms with van der Waals surface area (Å²) in [5.74, 6) is 0.418. The van der Waals surface area contributed by atoms with Crippen LogP contribution in [0.1, 0.15) is 5.56 Å². The molecule has 0 spiro atoms. The van der Waals surface area contributed by atoms with E-state index < -0.39 is 4.92 Å². The number of thiazole rings is 1. The maximum atomic E-state index is 11.0. The molecule has 0 amide bonds. The second-order valence-corrected chi connectivity index (χ2v) is 5.96. The van der Waals surface area contributed by atoms with E-state index >= 15 is 0 Å². The summed E-state index contributed by atoms with van der Waals surface area (Å²) in [7, 11) is 1.49. The maximum absolute atomic E-state index is 11.0. The van der Waals surface area contributed by atoms with Gasteiger partial charge in [-0.1, -0.05) is 41.7 Å². The Morgan fingerprint density at radius 3 is 2.78 bits per heavy atom. The second-order valence-electron chi connectivity index (χ2n) is 4.93. The molecule has 2 aromatic carbocycles. The summed E-state index contributed by atoms with van der Waals surface area (Å²) in [6.07, 6.45) is 0.883. The molecular formula is C16H15N3O3S. The normalized spacial score (nSPS) is 10.7. The van der Waals surface area contributed by atoms with Crippen LogP contribution in [0.5, 0.6) is 5.75 Å². The molecule has 1 heterocycles. The highest BCUT2D eigenvalue weighted by molar-refractivity contribution is 7.22. The van der Waals surface area contributed by atoms with E-state index in [2.05, 4.69) is 22.4 Å². The van der Waals surface area contributed by atoms with E-state index in [1.54, 1.807) is 0 Å². The molecule has 3 rings (SSSR count). The minimum atomic E-state index is -0.426. The Hall–Kier alpha value is -2.67. The largest absolute Gasteiger partial charge is 0.494 e. The van der Waals surface area contributed by atoms with Gasteiger partial charge in [0.05, 0.1) is 22.8 Å². The number of aromatic nitrogens is 1. The molecule has 0 atom stereocenters. The summed E-state index contributed by atoms with van der Waals surface area (Å²) >= 11 is 1.39. The maximum Gasteiger partial charge on any atom is 0.274 e. The molecule has 0 saturated carbocycles. The van der Waals surface area contributed by atoms with E-state index in [1.807, 2.05) is 18.2 Å². The van der Waals surface area contributed by atoms with E-state index in [9.17, 15) is 10.1 Å². The first-order valence-corrected chi connectivity index (χ1v) is 7.90. The molecule has 0 fully saturated rings. The lowest BCUT2D eigenvalue weighted by atomic mass is 10.1. The van der Waals surface area contributed by atoms with Gasteiger partial charge in [-0.05, 0) is 12.0 Å². The number of fused-ring (bicyclic) bond motifs is 1. The first-order chi connectivity index (χ1) is 11.2. The van der Waals surface area contributed by atoms with Gasteiger partial charge in [0, 0.05) is 12.6 Å². The number of methoxy groups -OCH3 is 1. The molecule has 0 bridgehead atoms. The van der Waals surface area contributed by atoms with Crippen LogP contribution in [0, 0.1) is 10.1 Å². The van der Waals surface area contributed by atoms with Crippen LogP contribution < -0.4 is 10.1 Å². The Balaban J connectivity index is 1.78. The van der Waals surface area contributed by atoms with Crippen LogP contribution in [0.15, 0.2) is 42.5 Å². The van der Waals surface area contributed by atoms with Gasteiger partial charge in [-0.3, -0.25) is 10.1 Å². The van der Waals surface area contributed by atoms with E-state index in [-0.39, 0.29) is 5.69 Å². The average Bonchev–Trinajstić information content (AvgIpc) is 2.97. The van der Waals surface area contributed by atoms with Crippen LogP contribution in [-0.4, -0.2) is 23.6 Å². The first kappa shape index (κ1) is 15.2. The van der Waals surface area contributed by atoms with Gasteiger partial charge in [-0.25, -0.2) is 4.98 Å². The first-order valence-electron chi connectivity index (χ1n) is 7.08. The monoisotopic (exact) mass is 329 g/mol. The molecule has 1 aromatic heterocycles. The van der Waals surface area contributed by atoms with Crippen molar-refractivity contribution in [3.05, 3.63) is 58.1 Å². The van der Waals surface area contributed by atoms with E-state index in [0.29, 0.717) is 11.3 Å². The van der Waals surface area contributed by atoms with Crippen molar-refractivity contribution in [1.82, 2.24) is 4.98 Å². The van der Waals surface area contributed by atoms with Crippen molar-refractivity contribution in [3.8, 4) is 5.75 Å². The van der Waals surface area contributed by atoms with E-state index in [0.717, 1.165) is 22.8 Å². The average molecular weight is 329 g/mol. The summed E-state index contributed by atoms with van der Waals surface area (Å²) in [5.41, 5.74) is 1.90. The minimum absolute atomic E-state index is 0.00818. The zero-order valence-electron chi connectivity index (χ0n) is 12.5. The number of non-ortho nitro benzene ring substituents is 1. The van der Waals surface area contributed by atoms with Gasteiger partial charge >= 0.3 is 0 Å². The second kappa shape index (κ2) is 6.62. The van der Waals surface area contributed by atoms with Crippen molar-refractivity contribution >= 4 is 32.4 Å². The third-order valence-electron chi connectivity index (χ3n) is 3.41. The van der Waals surface area contributed by atoms with Crippen LogP contribution in [0.25, 0.3) is 10.2 Å². The van der Waals surface area contributed by atoms with Crippen molar-refractivity contribution < 1.29 is 9.66 Å². The number of benzene rings is 2. The zero-order valence-corrected chi connectivity index (χ0v) is 13.3. The summed E-state index contributed by atoms with van der Waals surface area (Å²) in [4.78, 5) is 15.0. The molecular weight excluding hydrogens is 314 g/mol. The molecule has 0 saturated heterocycles. The van der Waals surface area contributed by atoms with Crippen molar-refractivity contribution in [2.45, 2.75) is 6.42 Å². The van der Waals surface area contributed by atoms with Gasteiger partial charge < -0.3 is 10.1 Å². The van der Waals surface area contributed by atoms with Gasteiger partial charge in [0.25, 0.3) is 5.69 Å². The minimum Gasteiger partial charge on any atom is -0.494 e. The standard InChI is InChI=1S/C16H15N3O3S/c1-22-13-9-12(19(20)21)10-14-15(13)18-16(23-14)17-8-7-11-5-3-2-4-6-11/h2-6,9-10H,7-8H2,1H3,(H,17,18). The number of nitrogens with zero attached hydrogens (tertiary/aromatic N) is 2. The van der Waals surface area contributed by atoms with E-state index in [4.69, 9.17) is 4.74 Å². The van der Waals surface area contributed by atoms with Crippen LogP contribution >= 0.6 is 11.3 Å². The number of hydrogen-bond donors (Lipinski definition) is 1. The zero-order chi connectivity index (χ0) is 16.2. The Morgan fingerprint density at radius 2 is 2.09 bits per heavy atom. The lowest BCUT2D eigenvalue weighted by Gasteiger charge is -2.02. The SMILES string of the molecule is COc1cc([N+](=O)[O-])cc2sc(NCCc3ccccc3)nc12. The predicted octanol–water partition coefficient (Wildman–Crippen LogP) is 3.87. The molecule has 0 aliphatic rings.